The lowest BCUT2D eigenvalue weighted by Gasteiger charge is -2.22. The lowest BCUT2D eigenvalue weighted by molar-refractivity contribution is -0.138. The van der Waals surface area contributed by atoms with Gasteiger partial charge < -0.3 is 9.84 Å². The van der Waals surface area contributed by atoms with Gasteiger partial charge in [-0.1, -0.05) is 17.7 Å². The van der Waals surface area contributed by atoms with Gasteiger partial charge in [-0.3, -0.25) is 13.9 Å². The second-order valence-corrected chi connectivity index (χ2v) is 5.96. The Balaban J connectivity index is 3.15. The van der Waals surface area contributed by atoms with E-state index in [0.717, 1.165) is 12.7 Å². The minimum Gasteiger partial charge on any atom is -0.480 e. The lowest BCUT2D eigenvalue weighted by Crippen LogP contribution is -2.39. The molecule has 0 fully saturated rings. The van der Waals surface area contributed by atoms with Gasteiger partial charge in [0.25, 0.3) is 0 Å². The first-order chi connectivity index (χ1) is 9.26. The molecule has 1 aromatic carbocycles. The maximum Gasteiger partial charge on any atom is 0.324 e. The molecule has 0 unspecified atom stereocenters. The first kappa shape index (κ1) is 16.0. The monoisotopic (exact) mass is 301 g/mol. The summed E-state index contributed by atoms with van der Waals surface area (Å²) in [5.74, 6) is -3.18. The Hall–Kier alpha value is -2.09. The number of hydrogen-bond donors (Lipinski definition) is 1. The van der Waals surface area contributed by atoms with Crippen LogP contribution in [0.2, 0.25) is 0 Å². The van der Waals surface area contributed by atoms with E-state index in [2.05, 4.69) is 4.74 Å². The highest BCUT2D eigenvalue weighted by atomic mass is 32.2. The largest absolute Gasteiger partial charge is 0.480 e. The third kappa shape index (κ3) is 4.23. The summed E-state index contributed by atoms with van der Waals surface area (Å²) in [5, 5.41) is 8.83. The zero-order chi connectivity index (χ0) is 15.3. The fourth-order valence-corrected chi connectivity index (χ4v) is 2.79. The maximum absolute atomic E-state index is 12.1. The zero-order valence-electron chi connectivity index (χ0n) is 11.1. The van der Waals surface area contributed by atoms with Crippen molar-refractivity contribution in [3.05, 3.63) is 29.8 Å². The minimum atomic E-state index is -4.12. The molecule has 7 nitrogen and oxygen atoms in total. The summed E-state index contributed by atoms with van der Waals surface area (Å²) >= 11 is 0. The Morgan fingerprint density at radius 3 is 2.25 bits per heavy atom. The smallest absolute Gasteiger partial charge is 0.324 e. The van der Waals surface area contributed by atoms with Crippen LogP contribution in [0.15, 0.2) is 24.3 Å². The van der Waals surface area contributed by atoms with E-state index in [1.54, 1.807) is 12.1 Å². The quantitative estimate of drug-likeness (QED) is 0.763. The van der Waals surface area contributed by atoms with Crippen molar-refractivity contribution in [1.29, 1.82) is 0 Å². The Bertz CT molecular complexity index is 593. The van der Waals surface area contributed by atoms with Crippen LogP contribution in [0.3, 0.4) is 0 Å². The van der Waals surface area contributed by atoms with E-state index in [9.17, 15) is 18.0 Å². The van der Waals surface area contributed by atoms with Gasteiger partial charge in [0, 0.05) is 0 Å². The number of rotatable bonds is 6. The van der Waals surface area contributed by atoms with E-state index in [4.69, 9.17) is 5.11 Å². The van der Waals surface area contributed by atoms with Crippen molar-refractivity contribution < 1.29 is 27.9 Å². The molecule has 0 aromatic heterocycles. The molecule has 0 saturated carbocycles. The zero-order valence-corrected chi connectivity index (χ0v) is 11.9. The summed E-state index contributed by atoms with van der Waals surface area (Å²) in [4.78, 5) is 22.0. The van der Waals surface area contributed by atoms with Crippen LogP contribution in [0, 0.1) is 6.92 Å². The highest BCUT2D eigenvalue weighted by Gasteiger charge is 2.28. The fourth-order valence-electron chi connectivity index (χ4n) is 1.47. The second-order valence-electron chi connectivity index (χ2n) is 4.07. The van der Waals surface area contributed by atoms with Gasteiger partial charge >= 0.3 is 11.9 Å². The number of esters is 1. The molecule has 0 spiro atoms. The van der Waals surface area contributed by atoms with Crippen molar-refractivity contribution in [2.75, 3.05) is 23.7 Å². The number of sulfonamides is 1. The molecule has 20 heavy (non-hydrogen) atoms. The first-order valence-corrected chi connectivity index (χ1v) is 7.23. The summed E-state index contributed by atoms with van der Waals surface area (Å²) < 4.78 is 29.1. The van der Waals surface area contributed by atoms with Gasteiger partial charge in [0.2, 0.25) is 10.0 Å². The topological polar surface area (TPSA) is 101 Å². The third-order valence-corrected chi connectivity index (χ3v) is 4.08. The SMILES string of the molecule is COC(=O)CS(=O)(=O)N(CC(=O)O)c1ccc(C)cc1. The van der Waals surface area contributed by atoms with Gasteiger partial charge in [-0.15, -0.1) is 0 Å². The molecule has 1 aromatic rings. The van der Waals surface area contributed by atoms with Crippen molar-refractivity contribution in [2.45, 2.75) is 6.92 Å². The van der Waals surface area contributed by atoms with E-state index >= 15 is 0 Å². The van der Waals surface area contributed by atoms with Crippen LogP contribution in [-0.4, -0.2) is 44.9 Å². The fraction of sp³-hybridized carbons (Fsp3) is 0.333. The number of aryl methyl sites for hydroxylation is 1. The summed E-state index contributed by atoms with van der Waals surface area (Å²) in [6.45, 7) is 1.05. The molecular formula is C12H15NO6S. The Morgan fingerprint density at radius 2 is 1.80 bits per heavy atom. The first-order valence-electron chi connectivity index (χ1n) is 5.62. The molecule has 0 aliphatic rings. The van der Waals surface area contributed by atoms with Crippen molar-refractivity contribution in [2.24, 2.45) is 0 Å². The van der Waals surface area contributed by atoms with Gasteiger partial charge in [0.1, 0.15) is 6.54 Å². The normalized spacial score (nSPS) is 10.9. The van der Waals surface area contributed by atoms with Gasteiger partial charge in [0.05, 0.1) is 12.8 Å². The highest BCUT2D eigenvalue weighted by Crippen LogP contribution is 2.19. The van der Waals surface area contributed by atoms with E-state index < -0.39 is 34.3 Å². The highest BCUT2D eigenvalue weighted by molar-refractivity contribution is 7.93. The van der Waals surface area contributed by atoms with Crippen LogP contribution in [0.4, 0.5) is 5.69 Å². The average molecular weight is 301 g/mol. The van der Waals surface area contributed by atoms with Crippen LogP contribution in [0.25, 0.3) is 0 Å². The van der Waals surface area contributed by atoms with Crippen molar-refractivity contribution >= 4 is 27.6 Å². The molecule has 0 atom stereocenters. The number of carboxylic acids is 1. The Kier molecular flexibility index (Phi) is 5.09. The van der Waals surface area contributed by atoms with Crippen LogP contribution >= 0.6 is 0 Å². The molecule has 0 bridgehead atoms. The number of benzene rings is 1. The van der Waals surface area contributed by atoms with Crippen LogP contribution in [0.5, 0.6) is 0 Å². The number of methoxy groups -OCH3 is 1. The summed E-state index contributed by atoms with van der Waals surface area (Å²) in [6.07, 6.45) is 0. The molecule has 8 heteroatoms. The second kappa shape index (κ2) is 6.38. The number of carboxylic acid groups (broad SMARTS) is 1. The third-order valence-electron chi connectivity index (χ3n) is 2.46. The summed E-state index contributed by atoms with van der Waals surface area (Å²) in [7, 11) is -3.06. The molecule has 0 aliphatic heterocycles. The molecule has 0 radical (unpaired) electrons. The Morgan fingerprint density at radius 1 is 1.25 bits per heavy atom. The predicted octanol–water partition coefficient (Wildman–Crippen LogP) is 0.389. The molecule has 1 N–H and O–H groups in total. The van der Waals surface area contributed by atoms with E-state index in [-0.39, 0.29) is 5.69 Å². The molecule has 0 heterocycles. The van der Waals surface area contributed by atoms with Gasteiger partial charge in [-0.05, 0) is 19.1 Å². The predicted molar refractivity (Wildman–Crippen MR) is 72.0 cm³/mol. The molecule has 0 aliphatic carbocycles. The van der Waals surface area contributed by atoms with Gasteiger partial charge in [0.15, 0.2) is 5.75 Å². The molecule has 0 amide bonds. The summed E-state index contributed by atoms with van der Waals surface area (Å²) in [6, 6.07) is 6.26. The van der Waals surface area contributed by atoms with Gasteiger partial charge in [-0.2, -0.15) is 0 Å². The van der Waals surface area contributed by atoms with Gasteiger partial charge in [-0.25, -0.2) is 8.42 Å². The molecule has 110 valence electrons. The number of aliphatic carboxylic acids is 1. The Labute approximate surface area is 116 Å². The molecular weight excluding hydrogens is 286 g/mol. The van der Waals surface area contributed by atoms with Crippen LogP contribution in [0.1, 0.15) is 5.56 Å². The average Bonchev–Trinajstić information content (AvgIpc) is 2.36. The molecule has 0 saturated heterocycles. The van der Waals surface area contributed by atoms with Crippen LogP contribution in [-0.2, 0) is 24.3 Å². The number of carbonyl (C=O) groups is 2. The van der Waals surface area contributed by atoms with Crippen molar-refractivity contribution in [3.63, 3.8) is 0 Å². The number of carbonyl (C=O) groups excluding carboxylic acids is 1. The van der Waals surface area contributed by atoms with Crippen molar-refractivity contribution in [1.82, 2.24) is 0 Å². The van der Waals surface area contributed by atoms with E-state index in [1.165, 1.54) is 12.1 Å². The number of nitrogens with zero attached hydrogens (tertiary/aromatic N) is 1. The minimum absolute atomic E-state index is 0.182. The van der Waals surface area contributed by atoms with Crippen molar-refractivity contribution in [3.8, 4) is 0 Å². The number of ether oxygens (including phenoxy) is 1. The maximum atomic E-state index is 12.1. The number of anilines is 1. The molecule has 1 rings (SSSR count). The van der Waals surface area contributed by atoms with Crippen LogP contribution < -0.4 is 4.31 Å². The lowest BCUT2D eigenvalue weighted by atomic mass is 10.2. The van der Waals surface area contributed by atoms with E-state index in [0.29, 0.717) is 4.31 Å². The number of hydrogen-bond acceptors (Lipinski definition) is 5. The summed E-state index contributed by atoms with van der Waals surface area (Å²) in [5.41, 5.74) is 1.08. The standard InChI is InChI=1S/C12H15NO6S/c1-9-3-5-10(6-4-9)13(7-11(14)15)20(17,18)8-12(16)19-2/h3-6H,7-8H2,1-2H3,(H,14,15). The van der Waals surface area contributed by atoms with E-state index in [1.807, 2.05) is 6.92 Å².